The van der Waals surface area contributed by atoms with E-state index in [0.29, 0.717) is 24.5 Å². The second-order valence-corrected chi connectivity index (χ2v) is 7.49. The van der Waals surface area contributed by atoms with Crippen molar-refractivity contribution in [2.45, 2.75) is 26.4 Å². The monoisotopic (exact) mass is 437 g/mol. The fraction of sp³-hybridized carbons (Fsp3) is 0.208. The lowest BCUT2D eigenvalue weighted by atomic mass is 10.1. The van der Waals surface area contributed by atoms with Crippen molar-refractivity contribution in [1.82, 2.24) is 15.2 Å². The Kier molecular flexibility index (Phi) is 7.62. The maximum Gasteiger partial charge on any atom is 0.257 e. The van der Waals surface area contributed by atoms with E-state index in [1.54, 1.807) is 35.8 Å². The summed E-state index contributed by atoms with van der Waals surface area (Å²) >= 11 is 5.89. The van der Waals surface area contributed by atoms with Gasteiger partial charge in [0, 0.05) is 37.1 Å². The van der Waals surface area contributed by atoms with E-state index in [9.17, 15) is 14.4 Å². The molecule has 2 amide bonds. The molecule has 0 spiro atoms. The molecule has 0 saturated carbocycles. The molecule has 0 saturated heterocycles. The van der Waals surface area contributed by atoms with E-state index in [4.69, 9.17) is 11.6 Å². The highest BCUT2D eigenvalue weighted by Gasteiger charge is 2.19. The summed E-state index contributed by atoms with van der Waals surface area (Å²) in [6, 6.07) is 16.9. The molecule has 0 fully saturated rings. The van der Waals surface area contributed by atoms with Crippen molar-refractivity contribution < 1.29 is 9.59 Å². The standard InChI is InChI=1S/C24H24ClN3O3/c1-2-26-23(30)20-15-28(13-12-17-6-4-3-5-7-17)16-21(22(20)29)24(31)27-14-18-8-10-19(25)11-9-18/h3-11,15-16H,2,12-14H2,1H3,(H,26,30)(H,27,31). The van der Waals surface area contributed by atoms with Crippen molar-refractivity contribution in [3.63, 3.8) is 0 Å². The van der Waals surface area contributed by atoms with Crippen molar-refractivity contribution in [1.29, 1.82) is 0 Å². The minimum atomic E-state index is -0.587. The molecule has 0 unspecified atom stereocenters. The minimum Gasteiger partial charge on any atom is -0.352 e. The zero-order valence-corrected chi connectivity index (χ0v) is 18.0. The summed E-state index contributed by atoms with van der Waals surface area (Å²) in [5, 5.41) is 5.99. The first kappa shape index (κ1) is 22.3. The topological polar surface area (TPSA) is 80.2 Å². The van der Waals surface area contributed by atoms with E-state index >= 15 is 0 Å². The van der Waals surface area contributed by atoms with Crippen LogP contribution in [0.15, 0.2) is 71.8 Å². The van der Waals surface area contributed by atoms with Crippen LogP contribution in [0.2, 0.25) is 5.02 Å². The molecular formula is C24H24ClN3O3. The molecule has 160 valence electrons. The number of hydrogen-bond donors (Lipinski definition) is 2. The summed E-state index contributed by atoms with van der Waals surface area (Å²) in [6.07, 6.45) is 3.71. The highest BCUT2D eigenvalue weighted by Crippen LogP contribution is 2.10. The van der Waals surface area contributed by atoms with Crippen LogP contribution in [0, 0.1) is 0 Å². The number of nitrogens with one attached hydrogen (secondary N) is 2. The smallest absolute Gasteiger partial charge is 0.257 e. The highest BCUT2D eigenvalue weighted by atomic mass is 35.5. The molecular weight excluding hydrogens is 414 g/mol. The molecule has 0 aliphatic heterocycles. The molecule has 0 bridgehead atoms. The number of pyridine rings is 1. The third-order valence-corrected chi connectivity index (χ3v) is 5.03. The Morgan fingerprint density at radius 3 is 2.10 bits per heavy atom. The third-order valence-electron chi connectivity index (χ3n) is 4.77. The van der Waals surface area contributed by atoms with Gasteiger partial charge in [-0.05, 0) is 36.6 Å². The summed E-state index contributed by atoms with van der Waals surface area (Å²) in [4.78, 5) is 38.0. The number of carbonyl (C=O) groups is 2. The quantitative estimate of drug-likeness (QED) is 0.566. The van der Waals surface area contributed by atoms with Gasteiger partial charge in [0.25, 0.3) is 11.8 Å². The molecule has 2 N–H and O–H groups in total. The number of amides is 2. The van der Waals surface area contributed by atoms with Crippen LogP contribution in [0.5, 0.6) is 0 Å². The molecule has 7 heteroatoms. The van der Waals surface area contributed by atoms with Crippen LogP contribution in [-0.2, 0) is 19.5 Å². The van der Waals surface area contributed by atoms with Gasteiger partial charge in [-0.15, -0.1) is 0 Å². The van der Waals surface area contributed by atoms with Gasteiger partial charge in [-0.25, -0.2) is 0 Å². The van der Waals surface area contributed by atoms with Gasteiger partial charge in [0.05, 0.1) is 0 Å². The Morgan fingerprint density at radius 1 is 0.871 bits per heavy atom. The Balaban J connectivity index is 1.84. The van der Waals surface area contributed by atoms with Crippen molar-refractivity contribution in [2.75, 3.05) is 6.54 Å². The second-order valence-electron chi connectivity index (χ2n) is 7.06. The van der Waals surface area contributed by atoms with Gasteiger partial charge >= 0.3 is 0 Å². The van der Waals surface area contributed by atoms with Crippen LogP contribution >= 0.6 is 11.6 Å². The van der Waals surface area contributed by atoms with Gasteiger partial charge in [-0.1, -0.05) is 54.1 Å². The molecule has 0 radical (unpaired) electrons. The van der Waals surface area contributed by atoms with E-state index < -0.39 is 17.2 Å². The minimum absolute atomic E-state index is 0.0472. The first-order valence-corrected chi connectivity index (χ1v) is 10.4. The lowest BCUT2D eigenvalue weighted by Crippen LogP contribution is -2.35. The molecule has 0 aliphatic rings. The summed E-state index contributed by atoms with van der Waals surface area (Å²) in [5.74, 6) is -1.02. The molecule has 0 aliphatic carbocycles. The third kappa shape index (κ3) is 6.06. The Labute approximate surface area is 185 Å². The van der Waals surface area contributed by atoms with Crippen LogP contribution in [0.3, 0.4) is 0 Å². The molecule has 1 heterocycles. The number of rotatable bonds is 8. The molecule has 1 aromatic heterocycles. The maximum absolute atomic E-state index is 12.9. The first-order chi connectivity index (χ1) is 15.0. The van der Waals surface area contributed by atoms with Gasteiger partial charge in [-0.3, -0.25) is 14.4 Å². The molecule has 0 atom stereocenters. The average Bonchev–Trinajstić information content (AvgIpc) is 2.78. The first-order valence-electron chi connectivity index (χ1n) is 10.1. The highest BCUT2D eigenvalue weighted by molar-refractivity contribution is 6.30. The number of hydrogen-bond acceptors (Lipinski definition) is 3. The predicted molar refractivity (Wildman–Crippen MR) is 121 cm³/mol. The molecule has 3 aromatic rings. The predicted octanol–water partition coefficient (Wildman–Crippen LogP) is 3.42. The van der Waals surface area contributed by atoms with Crippen molar-refractivity contribution in [3.8, 4) is 0 Å². The zero-order chi connectivity index (χ0) is 22.2. The SMILES string of the molecule is CCNC(=O)c1cn(CCc2ccccc2)cc(C(=O)NCc2ccc(Cl)cc2)c1=O. The van der Waals surface area contributed by atoms with Gasteiger partial charge < -0.3 is 15.2 Å². The summed E-state index contributed by atoms with van der Waals surface area (Å²) in [5.41, 5.74) is 1.27. The lowest BCUT2D eigenvalue weighted by molar-refractivity contribution is 0.0948. The van der Waals surface area contributed by atoms with E-state index in [1.807, 2.05) is 30.3 Å². The average molecular weight is 438 g/mol. The summed E-state index contributed by atoms with van der Waals surface area (Å²) in [7, 11) is 0. The van der Waals surface area contributed by atoms with Crippen LogP contribution in [0.1, 0.15) is 38.8 Å². The van der Waals surface area contributed by atoms with E-state index in [-0.39, 0.29) is 17.7 Å². The second kappa shape index (κ2) is 10.6. The zero-order valence-electron chi connectivity index (χ0n) is 17.2. The molecule has 2 aromatic carbocycles. The number of aromatic nitrogens is 1. The summed E-state index contributed by atoms with van der Waals surface area (Å²) in [6.45, 7) is 2.92. The van der Waals surface area contributed by atoms with Crippen molar-refractivity contribution in [2.24, 2.45) is 0 Å². The van der Waals surface area contributed by atoms with E-state index in [1.165, 1.54) is 12.4 Å². The summed E-state index contributed by atoms with van der Waals surface area (Å²) < 4.78 is 1.72. The fourth-order valence-corrected chi connectivity index (χ4v) is 3.25. The largest absolute Gasteiger partial charge is 0.352 e. The fourth-order valence-electron chi connectivity index (χ4n) is 3.12. The number of carbonyl (C=O) groups excluding carboxylic acids is 2. The Hall–Kier alpha value is -3.38. The number of benzene rings is 2. The number of halogens is 1. The van der Waals surface area contributed by atoms with Gasteiger partial charge in [0.15, 0.2) is 0 Å². The van der Waals surface area contributed by atoms with Crippen LogP contribution < -0.4 is 16.1 Å². The van der Waals surface area contributed by atoms with Gasteiger partial charge in [0.2, 0.25) is 5.43 Å². The van der Waals surface area contributed by atoms with Crippen LogP contribution in [0.4, 0.5) is 0 Å². The lowest BCUT2D eigenvalue weighted by Gasteiger charge is -2.13. The molecule has 3 rings (SSSR count). The van der Waals surface area contributed by atoms with E-state index in [2.05, 4.69) is 10.6 Å². The molecule has 31 heavy (non-hydrogen) atoms. The van der Waals surface area contributed by atoms with Gasteiger partial charge in [-0.2, -0.15) is 0 Å². The van der Waals surface area contributed by atoms with Crippen LogP contribution in [0.25, 0.3) is 0 Å². The van der Waals surface area contributed by atoms with Crippen LogP contribution in [-0.4, -0.2) is 22.9 Å². The van der Waals surface area contributed by atoms with Gasteiger partial charge in [0.1, 0.15) is 11.1 Å². The van der Waals surface area contributed by atoms with Crippen molar-refractivity contribution in [3.05, 3.63) is 104 Å². The number of aryl methyl sites for hydroxylation is 2. The Morgan fingerprint density at radius 2 is 1.48 bits per heavy atom. The van der Waals surface area contributed by atoms with E-state index in [0.717, 1.165) is 11.1 Å². The Bertz CT molecular complexity index is 1110. The number of nitrogens with zero attached hydrogens (tertiary/aromatic N) is 1. The normalized spacial score (nSPS) is 10.5. The maximum atomic E-state index is 12.9. The van der Waals surface area contributed by atoms with Crippen molar-refractivity contribution >= 4 is 23.4 Å². The molecule has 6 nitrogen and oxygen atoms in total.